The molecule has 0 aliphatic carbocycles. The second kappa shape index (κ2) is 8.37. The number of pyridine rings is 2. The van der Waals surface area contributed by atoms with Crippen molar-refractivity contribution in [3.8, 4) is 0 Å². The minimum Gasteiger partial charge on any atom is -0.395 e. The Balaban J connectivity index is 1.66. The molecule has 0 spiro atoms. The van der Waals surface area contributed by atoms with Crippen LogP contribution >= 0.6 is 11.3 Å². The first-order chi connectivity index (χ1) is 14.5. The SMILES string of the molecule is CN(CCO)C(=O)c1sc2ncccc2c1[C@H]1CCN(C(=O)c2cccnc2N)C1. The minimum atomic E-state index is -0.147. The molecule has 1 aliphatic heterocycles. The summed E-state index contributed by atoms with van der Waals surface area (Å²) in [6.45, 7) is 1.24. The first-order valence-corrected chi connectivity index (χ1v) is 10.6. The van der Waals surface area contributed by atoms with Crippen LogP contribution in [0.4, 0.5) is 5.82 Å². The van der Waals surface area contributed by atoms with Crippen LogP contribution in [0, 0.1) is 0 Å². The Morgan fingerprint density at radius 2 is 2.07 bits per heavy atom. The largest absolute Gasteiger partial charge is 0.395 e. The normalized spacial score (nSPS) is 16.2. The number of aromatic nitrogens is 2. The number of nitrogen functional groups attached to an aromatic ring is 1. The van der Waals surface area contributed by atoms with E-state index in [-0.39, 0.29) is 36.7 Å². The van der Waals surface area contributed by atoms with Crippen LogP contribution in [0.1, 0.15) is 37.9 Å². The maximum absolute atomic E-state index is 13.1. The maximum atomic E-state index is 13.1. The average molecular weight is 426 g/mol. The molecule has 0 radical (unpaired) electrons. The number of likely N-dealkylation sites (N-methyl/N-ethyl adjacent to an activating group) is 1. The summed E-state index contributed by atoms with van der Waals surface area (Å²) >= 11 is 1.36. The fraction of sp³-hybridized carbons (Fsp3) is 0.333. The lowest BCUT2D eigenvalue weighted by atomic mass is 9.95. The van der Waals surface area contributed by atoms with Crippen molar-refractivity contribution in [2.45, 2.75) is 12.3 Å². The van der Waals surface area contributed by atoms with E-state index >= 15 is 0 Å². The highest BCUT2D eigenvalue weighted by Crippen LogP contribution is 2.40. The molecule has 1 saturated heterocycles. The zero-order valence-corrected chi connectivity index (χ0v) is 17.4. The fourth-order valence-corrected chi connectivity index (χ4v) is 5.11. The Morgan fingerprint density at radius 1 is 1.30 bits per heavy atom. The van der Waals surface area contributed by atoms with E-state index in [1.54, 1.807) is 36.5 Å². The van der Waals surface area contributed by atoms with Crippen LogP contribution in [0.15, 0.2) is 36.7 Å². The summed E-state index contributed by atoms with van der Waals surface area (Å²) in [4.78, 5) is 39.2. The van der Waals surface area contributed by atoms with E-state index in [0.29, 0.717) is 23.5 Å². The van der Waals surface area contributed by atoms with Gasteiger partial charge in [0.05, 0.1) is 17.0 Å². The fourth-order valence-electron chi connectivity index (χ4n) is 3.89. The lowest BCUT2D eigenvalue weighted by molar-refractivity contribution is 0.0770. The van der Waals surface area contributed by atoms with E-state index in [1.165, 1.54) is 16.2 Å². The summed E-state index contributed by atoms with van der Waals surface area (Å²) in [5, 5.41) is 10.2. The predicted octanol–water partition coefficient (Wildman–Crippen LogP) is 1.97. The summed E-state index contributed by atoms with van der Waals surface area (Å²) in [7, 11) is 1.68. The molecule has 0 aromatic carbocycles. The number of likely N-dealkylation sites (tertiary alicyclic amines) is 1. The second-order valence-electron chi connectivity index (χ2n) is 7.32. The van der Waals surface area contributed by atoms with E-state index in [0.717, 1.165) is 22.2 Å². The number of aliphatic hydroxyl groups excluding tert-OH is 1. The van der Waals surface area contributed by atoms with Crippen LogP contribution in [0.3, 0.4) is 0 Å². The zero-order valence-electron chi connectivity index (χ0n) is 16.6. The molecule has 3 aromatic heterocycles. The van der Waals surface area contributed by atoms with Gasteiger partial charge in [0.2, 0.25) is 0 Å². The van der Waals surface area contributed by atoms with Gasteiger partial charge >= 0.3 is 0 Å². The summed E-state index contributed by atoms with van der Waals surface area (Å²) in [5.41, 5.74) is 7.22. The Bertz CT molecular complexity index is 1100. The van der Waals surface area contributed by atoms with Crippen LogP contribution in [0.2, 0.25) is 0 Å². The van der Waals surface area contributed by atoms with Gasteiger partial charge in [-0.1, -0.05) is 6.07 Å². The summed E-state index contributed by atoms with van der Waals surface area (Å²) in [6.07, 6.45) is 4.02. The first kappa shape index (κ1) is 20.2. The second-order valence-corrected chi connectivity index (χ2v) is 8.32. The molecule has 1 atom stereocenters. The number of aliphatic hydroxyl groups is 1. The molecule has 0 bridgehead atoms. The predicted molar refractivity (Wildman–Crippen MR) is 116 cm³/mol. The van der Waals surface area contributed by atoms with Crippen LogP contribution in [-0.4, -0.2) is 70.0 Å². The minimum absolute atomic E-state index is 0.0197. The molecule has 0 unspecified atom stereocenters. The summed E-state index contributed by atoms with van der Waals surface area (Å²) in [5.74, 6) is -0.0433. The number of hydrogen-bond donors (Lipinski definition) is 2. The number of hydrogen-bond acceptors (Lipinski definition) is 7. The quantitative estimate of drug-likeness (QED) is 0.646. The van der Waals surface area contributed by atoms with E-state index in [9.17, 15) is 14.7 Å². The van der Waals surface area contributed by atoms with E-state index in [4.69, 9.17) is 5.73 Å². The number of carbonyl (C=O) groups excluding carboxylic acids is 2. The monoisotopic (exact) mass is 425 g/mol. The number of anilines is 1. The molecular weight excluding hydrogens is 402 g/mol. The standard InChI is InChI=1S/C21H23N5O3S/c1-25(10-11-27)21(29)17-16(14-4-2-8-24-19(14)30-17)13-6-9-26(12-13)20(28)15-5-3-7-23-18(15)22/h2-5,7-8,13,27H,6,9-12H2,1H3,(H2,22,23)/t13-/m0/s1. The number of nitrogens with zero attached hydrogens (tertiary/aromatic N) is 4. The molecule has 3 aromatic rings. The van der Waals surface area contributed by atoms with Crippen molar-refractivity contribution in [3.63, 3.8) is 0 Å². The zero-order chi connectivity index (χ0) is 21.3. The van der Waals surface area contributed by atoms with Gasteiger partial charge in [0.15, 0.2) is 0 Å². The van der Waals surface area contributed by atoms with Crippen LogP contribution in [0.5, 0.6) is 0 Å². The maximum Gasteiger partial charge on any atom is 0.264 e. The van der Waals surface area contributed by atoms with Gasteiger partial charge in [-0.05, 0) is 30.2 Å². The smallest absolute Gasteiger partial charge is 0.264 e. The Labute approximate surface area is 178 Å². The first-order valence-electron chi connectivity index (χ1n) is 9.74. The molecule has 9 heteroatoms. The van der Waals surface area contributed by atoms with E-state index in [1.807, 2.05) is 12.1 Å². The number of amides is 2. The molecule has 1 fully saturated rings. The van der Waals surface area contributed by atoms with Gasteiger partial charge in [-0.2, -0.15) is 0 Å². The van der Waals surface area contributed by atoms with Gasteiger partial charge in [-0.25, -0.2) is 9.97 Å². The van der Waals surface area contributed by atoms with Crippen molar-refractivity contribution in [1.29, 1.82) is 0 Å². The lowest BCUT2D eigenvalue weighted by Gasteiger charge is -2.19. The summed E-state index contributed by atoms with van der Waals surface area (Å²) in [6, 6.07) is 7.21. The van der Waals surface area contributed by atoms with Gasteiger partial charge in [0.1, 0.15) is 10.6 Å². The number of nitrogens with two attached hydrogens (primary N) is 1. The number of thiophene rings is 1. The van der Waals surface area contributed by atoms with Gasteiger partial charge in [0, 0.05) is 50.4 Å². The molecule has 3 N–H and O–H groups in total. The van der Waals surface area contributed by atoms with Crippen LogP contribution in [0.25, 0.3) is 10.2 Å². The van der Waals surface area contributed by atoms with Crippen molar-refractivity contribution in [3.05, 3.63) is 52.7 Å². The number of carbonyl (C=O) groups is 2. The molecule has 4 rings (SSSR count). The molecule has 0 saturated carbocycles. The molecular formula is C21H23N5O3S. The third kappa shape index (κ3) is 3.61. The number of fused-ring (bicyclic) bond motifs is 1. The van der Waals surface area contributed by atoms with Crippen molar-refractivity contribution < 1.29 is 14.7 Å². The van der Waals surface area contributed by atoms with Gasteiger partial charge in [0.25, 0.3) is 11.8 Å². The van der Waals surface area contributed by atoms with Gasteiger partial charge in [-0.15, -0.1) is 11.3 Å². The Morgan fingerprint density at radius 3 is 2.83 bits per heavy atom. The third-order valence-corrected chi connectivity index (χ3v) is 6.55. The molecule has 156 valence electrons. The highest BCUT2D eigenvalue weighted by Gasteiger charge is 2.34. The Kier molecular flexibility index (Phi) is 5.65. The van der Waals surface area contributed by atoms with Gasteiger partial charge < -0.3 is 20.6 Å². The number of rotatable bonds is 5. The third-order valence-electron chi connectivity index (χ3n) is 5.43. The van der Waals surface area contributed by atoms with Crippen molar-refractivity contribution in [2.75, 3.05) is 39.0 Å². The van der Waals surface area contributed by atoms with E-state index in [2.05, 4.69) is 9.97 Å². The topological polar surface area (TPSA) is 113 Å². The molecule has 30 heavy (non-hydrogen) atoms. The summed E-state index contributed by atoms with van der Waals surface area (Å²) < 4.78 is 0. The highest BCUT2D eigenvalue weighted by atomic mass is 32.1. The lowest BCUT2D eigenvalue weighted by Crippen LogP contribution is -2.30. The van der Waals surface area contributed by atoms with Crippen molar-refractivity contribution in [1.82, 2.24) is 19.8 Å². The van der Waals surface area contributed by atoms with Gasteiger partial charge in [-0.3, -0.25) is 9.59 Å². The van der Waals surface area contributed by atoms with Crippen molar-refractivity contribution in [2.24, 2.45) is 0 Å². The van der Waals surface area contributed by atoms with Crippen molar-refractivity contribution >= 4 is 39.2 Å². The molecule has 8 nitrogen and oxygen atoms in total. The van der Waals surface area contributed by atoms with Crippen LogP contribution in [-0.2, 0) is 0 Å². The molecule has 2 amide bonds. The van der Waals surface area contributed by atoms with Crippen LogP contribution < -0.4 is 5.73 Å². The average Bonchev–Trinajstić information content (AvgIpc) is 3.38. The van der Waals surface area contributed by atoms with E-state index < -0.39 is 0 Å². The molecule has 4 heterocycles. The Hall–Kier alpha value is -3.04. The molecule has 1 aliphatic rings. The highest BCUT2D eigenvalue weighted by molar-refractivity contribution is 7.20.